The Labute approximate surface area is 184 Å². The van der Waals surface area contributed by atoms with Gasteiger partial charge in [0.05, 0.1) is 35.0 Å². The van der Waals surface area contributed by atoms with Crippen molar-refractivity contribution < 1.29 is 24.1 Å². The number of thioether (sulfide) groups is 1. The summed E-state index contributed by atoms with van der Waals surface area (Å²) in [5.41, 5.74) is 2.06. The first-order chi connectivity index (χ1) is 14.7. The molecule has 31 heavy (non-hydrogen) atoms. The van der Waals surface area contributed by atoms with Crippen LogP contribution < -0.4 is 14.9 Å². The van der Waals surface area contributed by atoms with Crippen LogP contribution in [0.25, 0.3) is 6.08 Å². The summed E-state index contributed by atoms with van der Waals surface area (Å²) in [5.74, 6) is 0.512. The van der Waals surface area contributed by atoms with Crippen LogP contribution in [0.15, 0.2) is 41.3 Å². The van der Waals surface area contributed by atoms with E-state index in [1.54, 1.807) is 24.3 Å². The summed E-state index contributed by atoms with van der Waals surface area (Å²) in [6.07, 6.45) is 1.57. The van der Waals surface area contributed by atoms with E-state index in [1.807, 2.05) is 0 Å². The lowest BCUT2D eigenvalue weighted by atomic mass is 10.1. The van der Waals surface area contributed by atoms with Crippen molar-refractivity contribution in [1.82, 2.24) is 5.01 Å². The molecule has 0 aliphatic carbocycles. The minimum Gasteiger partial charge on any atom is -0.497 e. The highest BCUT2D eigenvalue weighted by molar-refractivity contribution is 8.26. The second-order valence-corrected chi connectivity index (χ2v) is 7.63. The molecule has 1 amide bonds. The Balaban J connectivity index is 1.90. The summed E-state index contributed by atoms with van der Waals surface area (Å²) < 4.78 is 10.6. The zero-order valence-corrected chi connectivity index (χ0v) is 17.7. The molecule has 1 aliphatic heterocycles. The molecule has 0 spiro atoms. The third-order valence-electron chi connectivity index (χ3n) is 4.14. The van der Waals surface area contributed by atoms with Crippen LogP contribution in [-0.2, 0) is 4.79 Å². The average molecular weight is 462 g/mol. The lowest BCUT2D eigenvalue weighted by Crippen LogP contribution is -2.34. The zero-order chi connectivity index (χ0) is 22.7. The zero-order valence-electron chi connectivity index (χ0n) is 16.1. The fourth-order valence-electron chi connectivity index (χ4n) is 2.64. The quantitative estimate of drug-likeness (QED) is 0.280. The average Bonchev–Trinajstić information content (AvgIpc) is 3.01. The molecule has 0 saturated carbocycles. The number of hydrazine groups is 1. The van der Waals surface area contributed by atoms with Gasteiger partial charge in [0.15, 0.2) is 4.32 Å². The van der Waals surface area contributed by atoms with E-state index in [-0.39, 0.29) is 14.9 Å². The van der Waals surface area contributed by atoms with Crippen LogP contribution in [0.1, 0.15) is 5.56 Å². The number of ether oxygens (including phenoxy) is 2. The number of nitro benzene ring substituents is 2. The van der Waals surface area contributed by atoms with Gasteiger partial charge in [-0.05, 0) is 36.5 Å². The topological polar surface area (TPSA) is 137 Å². The van der Waals surface area contributed by atoms with Crippen molar-refractivity contribution in [1.29, 1.82) is 0 Å². The van der Waals surface area contributed by atoms with E-state index in [2.05, 4.69) is 5.43 Å². The van der Waals surface area contributed by atoms with Crippen LogP contribution in [0.4, 0.5) is 17.1 Å². The van der Waals surface area contributed by atoms with Crippen molar-refractivity contribution in [2.24, 2.45) is 0 Å². The number of carbonyl (C=O) groups is 1. The first-order valence-electron chi connectivity index (χ1n) is 8.44. The molecule has 3 rings (SSSR count). The molecule has 0 bridgehead atoms. The fraction of sp³-hybridized carbons (Fsp3) is 0.111. The Morgan fingerprint density at radius 3 is 2.45 bits per heavy atom. The molecule has 0 unspecified atom stereocenters. The van der Waals surface area contributed by atoms with Gasteiger partial charge in [0, 0.05) is 17.7 Å². The van der Waals surface area contributed by atoms with Gasteiger partial charge in [0.1, 0.15) is 17.2 Å². The number of non-ortho nitro benzene ring substituents is 1. The summed E-state index contributed by atoms with van der Waals surface area (Å²) in [5, 5.41) is 23.2. The van der Waals surface area contributed by atoms with Gasteiger partial charge >= 0.3 is 5.69 Å². The maximum Gasteiger partial charge on any atom is 0.300 e. The van der Waals surface area contributed by atoms with E-state index in [4.69, 9.17) is 21.7 Å². The van der Waals surface area contributed by atoms with E-state index in [9.17, 15) is 25.0 Å². The number of nitrogens with one attached hydrogen (secondary N) is 1. The summed E-state index contributed by atoms with van der Waals surface area (Å²) in [4.78, 5) is 33.8. The van der Waals surface area contributed by atoms with Crippen LogP contribution >= 0.6 is 24.0 Å². The largest absolute Gasteiger partial charge is 0.497 e. The maximum atomic E-state index is 12.8. The summed E-state index contributed by atoms with van der Waals surface area (Å²) in [7, 11) is 3.00. The predicted octanol–water partition coefficient (Wildman–Crippen LogP) is 3.75. The van der Waals surface area contributed by atoms with Crippen molar-refractivity contribution in [2.45, 2.75) is 0 Å². The van der Waals surface area contributed by atoms with E-state index >= 15 is 0 Å². The highest BCUT2D eigenvalue weighted by Crippen LogP contribution is 2.37. The normalized spacial score (nSPS) is 14.6. The first-order valence-corrected chi connectivity index (χ1v) is 9.67. The molecule has 2 aromatic rings. The number of amides is 1. The van der Waals surface area contributed by atoms with Crippen LogP contribution in [0.5, 0.6) is 11.5 Å². The molecule has 1 heterocycles. The molecule has 0 aromatic heterocycles. The maximum absolute atomic E-state index is 12.8. The molecule has 0 radical (unpaired) electrons. The third kappa shape index (κ3) is 4.57. The number of nitro groups is 2. The summed E-state index contributed by atoms with van der Waals surface area (Å²) in [6, 6.07) is 8.10. The van der Waals surface area contributed by atoms with Gasteiger partial charge in [0.2, 0.25) is 0 Å². The van der Waals surface area contributed by atoms with Gasteiger partial charge in [-0.15, -0.1) is 0 Å². The van der Waals surface area contributed by atoms with Gasteiger partial charge in [-0.1, -0.05) is 11.8 Å². The lowest BCUT2D eigenvalue weighted by Gasteiger charge is -2.16. The highest BCUT2D eigenvalue weighted by Gasteiger charge is 2.34. The minimum atomic E-state index is -0.787. The van der Waals surface area contributed by atoms with Crippen LogP contribution in [0.3, 0.4) is 0 Å². The number of rotatable bonds is 7. The van der Waals surface area contributed by atoms with Crippen molar-refractivity contribution in [3.05, 3.63) is 67.1 Å². The van der Waals surface area contributed by atoms with E-state index in [0.717, 1.165) is 35.0 Å². The molecule has 1 fully saturated rings. The van der Waals surface area contributed by atoms with Gasteiger partial charge in [0.25, 0.3) is 11.6 Å². The Morgan fingerprint density at radius 1 is 1.10 bits per heavy atom. The second-order valence-electron chi connectivity index (χ2n) is 5.95. The Morgan fingerprint density at radius 2 is 1.84 bits per heavy atom. The number of hydrogen-bond donors (Lipinski definition) is 1. The molecule has 2 aromatic carbocycles. The third-order valence-corrected chi connectivity index (χ3v) is 5.44. The number of benzene rings is 2. The number of thiocarbonyl (C=S) groups is 1. The number of hydrogen-bond acceptors (Lipinski definition) is 10. The molecule has 0 atom stereocenters. The van der Waals surface area contributed by atoms with Crippen LogP contribution in [-0.4, -0.2) is 39.3 Å². The number of carbonyl (C=O) groups excluding carboxylic acids is 1. The Hall–Kier alpha value is -3.71. The molecule has 1 saturated heterocycles. The van der Waals surface area contributed by atoms with E-state index in [0.29, 0.717) is 17.1 Å². The molecule has 160 valence electrons. The first kappa shape index (κ1) is 22.0. The minimum absolute atomic E-state index is 0.108. The van der Waals surface area contributed by atoms with Crippen molar-refractivity contribution in [3.8, 4) is 11.5 Å². The SMILES string of the molecule is COc1ccc(/C=C2/SC(=S)N(Nc3ccc([N+](=O)[O-])cc3[N+](=O)[O-])C2=O)c(OC)c1. The van der Waals surface area contributed by atoms with Gasteiger partial charge in [-0.2, -0.15) is 0 Å². The van der Waals surface area contributed by atoms with Gasteiger partial charge < -0.3 is 9.47 Å². The summed E-state index contributed by atoms with van der Waals surface area (Å²) >= 11 is 6.21. The van der Waals surface area contributed by atoms with Crippen molar-refractivity contribution in [3.63, 3.8) is 0 Å². The van der Waals surface area contributed by atoms with Gasteiger partial charge in [-0.25, -0.2) is 5.01 Å². The number of methoxy groups -OCH3 is 2. The molecular formula is C18H14N4O7S2. The smallest absolute Gasteiger partial charge is 0.300 e. The van der Waals surface area contributed by atoms with Crippen LogP contribution in [0.2, 0.25) is 0 Å². The molecular weight excluding hydrogens is 448 g/mol. The second kappa shape index (κ2) is 8.97. The highest BCUT2D eigenvalue weighted by atomic mass is 32.2. The summed E-state index contributed by atoms with van der Waals surface area (Å²) in [6.45, 7) is 0. The standard InChI is InChI=1S/C18H14N4O7S2/c1-28-12-5-3-10(15(9-12)29-2)7-16-17(23)20(18(30)31-16)19-13-6-4-11(21(24)25)8-14(13)22(26)27/h3-9,19H,1-2H3/b16-7+. The Kier molecular flexibility index (Phi) is 6.36. The fourth-order valence-corrected chi connectivity index (χ4v) is 3.81. The molecule has 1 N–H and O–H groups in total. The number of nitrogens with zero attached hydrogens (tertiary/aromatic N) is 3. The molecule has 13 heteroatoms. The molecule has 1 aliphatic rings. The Bertz CT molecular complexity index is 1140. The lowest BCUT2D eigenvalue weighted by molar-refractivity contribution is -0.393. The van der Waals surface area contributed by atoms with E-state index < -0.39 is 27.1 Å². The molecule has 11 nitrogen and oxygen atoms in total. The van der Waals surface area contributed by atoms with Crippen LogP contribution in [0, 0.1) is 20.2 Å². The number of anilines is 1. The monoisotopic (exact) mass is 462 g/mol. The van der Waals surface area contributed by atoms with Gasteiger partial charge in [-0.3, -0.25) is 30.4 Å². The van der Waals surface area contributed by atoms with Crippen molar-refractivity contribution in [2.75, 3.05) is 19.6 Å². The van der Waals surface area contributed by atoms with Crippen molar-refractivity contribution >= 4 is 57.3 Å². The predicted molar refractivity (Wildman–Crippen MR) is 118 cm³/mol. The van der Waals surface area contributed by atoms with E-state index in [1.165, 1.54) is 14.2 Å².